The molecule has 18 heavy (non-hydrogen) atoms. The topological polar surface area (TPSA) is 101 Å². The van der Waals surface area contributed by atoms with Crippen LogP contribution in [0.1, 0.15) is 26.7 Å². The maximum absolute atomic E-state index is 11.7. The SMILES string of the molecule is CCCC(C(=O)NCCS(=O)(=O)NCC)C(N)=S. The molecule has 0 rings (SSSR count). The van der Waals surface area contributed by atoms with Crippen LogP contribution in [-0.2, 0) is 14.8 Å². The van der Waals surface area contributed by atoms with Gasteiger partial charge in [-0.05, 0) is 6.42 Å². The summed E-state index contributed by atoms with van der Waals surface area (Å²) in [5.74, 6) is -0.981. The Kier molecular flexibility index (Phi) is 8.05. The third kappa shape index (κ3) is 6.87. The van der Waals surface area contributed by atoms with Crippen molar-refractivity contribution < 1.29 is 13.2 Å². The molecular formula is C10H21N3O3S2. The average Bonchev–Trinajstić information content (AvgIpc) is 2.24. The summed E-state index contributed by atoms with van der Waals surface area (Å²) in [6.07, 6.45) is 1.35. The predicted octanol–water partition coefficient (Wildman–Crippen LogP) is -0.256. The Hall–Kier alpha value is -0.730. The number of thiocarbonyl (C=S) groups is 1. The summed E-state index contributed by atoms with van der Waals surface area (Å²) >= 11 is 4.81. The van der Waals surface area contributed by atoms with E-state index in [1.54, 1.807) is 6.92 Å². The molecule has 0 aliphatic heterocycles. The fraction of sp³-hybridized carbons (Fsp3) is 0.800. The molecule has 0 saturated carbocycles. The first-order valence-corrected chi connectivity index (χ1v) is 7.94. The van der Waals surface area contributed by atoms with Crippen LogP contribution in [-0.4, -0.2) is 38.2 Å². The molecule has 0 spiro atoms. The molecule has 6 nitrogen and oxygen atoms in total. The number of amides is 1. The zero-order valence-corrected chi connectivity index (χ0v) is 12.4. The van der Waals surface area contributed by atoms with Crippen LogP contribution < -0.4 is 15.8 Å². The van der Waals surface area contributed by atoms with E-state index in [0.717, 1.165) is 6.42 Å². The normalized spacial score (nSPS) is 13.0. The van der Waals surface area contributed by atoms with Gasteiger partial charge in [-0.3, -0.25) is 4.79 Å². The van der Waals surface area contributed by atoms with Crippen LogP contribution in [0.5, 0.6) is 0 Å². The van der Waals surface area contributed by atoms with Crippen molar-refractivity contribution in [3.8, 4) is 0 Å². The van der Waals surface area contributed by atoms with Gasteiger partial charge in [-0.25, -0.2) is 13.1 Å². The van der Waals surface area contributed by atoms with Crippen molar-refractivity contribution in [2.75, 3.05) is 18.8 Å². The molecule has 4 N–H and O–H groups in total. The van der Waals surface area contributed by atoms with E-state index in [4.69, 9.17) is 18.0 Å². The van der Waals surface area contributed by atoms with E-state index in [1.165, 1.54) is 0 Å². The Morgan fingerprint density at radius 2 is 2.00 bits per heavy atom. The number of hydrogen-bond donors (Lipinski definition) is 3. The molecular weight excluding hydrogens is 274 g/mol. The highest BCUT2D eigenvalue weighted by Crippen LogP contribution is 2.06. The number of sulfonamides is 1. The van der Waals surface area contributed by atoms with Crippen LogP contribution in [0.3, 0.4) is 0 Å². The van der Waals surface area contributed by atoms with Crippen molar-refractivity contribution in [3.05, 3.63) is 0 Å². The quantitative estimate of drug-likeness (QED) is 0.509. The summed E-state index contributed by atoms with van der Waals surface area (Å²) in [4.78, 5) is 11.9. The monoisotopic (exact) mass is 295 g/mol. The first-order chi connectivity index (χ1) is 8.34. The lowest BCUT2D eigenvalue weighted by atomic mass is 10.0. The lowest BCUT2D eigenvalue weighted by molar-refractivity contribution is -0.123. The average molecular weight is 295 g/mol. The van der Waals surface area contributed by atoms with Gasteiger partial charge in [0.25, 0.3) is 0 Å². The molecule has 0 bridgehead atoms. The summed E-state index contributed by atoms with van der Waals surface area (Å²) < 4.78 is 25.0. The van der Waals surface area contributed by atoms with Gasteiger partial charge in [-0.15, -0.1) is 0 Å². The second-order valence-electron chi connectivity index (χ2n) is 3.85. The van der Waals surface area contributed by atoms with Crippen LogP contribution >= 0.6 is 12.2 Å². The molecule has 8 heteroatoms. The fourth-order valence-electron chi connectivity index (χ4n) is 1.42. The van der Waals surface area contributed by atoms with Gasteiger partial charge in [-0.1, -0.05) is 32.5 Å². The highest BCUT2D eigenvalue weighted by Gasteiger charge is 2.20. The summed E-state index contributed by atoms with van der Waals surface area (Å²) in [6.45, 7) is 4.01. The van der Waals surface area contributed by atoms with E-state index in [9.17, 15) is 13.2 Å². The zero-order valence-electron chi connectivity index (χ0n) is 10.7. The molecule has 0 aromatic rings. The molecule has 0 aromatic carbocycles. The molecule has 1 amide bonds. The van der Waals surface area contributed by atoms with Crippen LogP contribution in [0, 0.1) is 5.92 Å². The minimum absolute atomic E-state index is 0.0526. The Morgan fingerprint density at radius 1 is 1.39 bits per heavy atom. The highest BCUT2D eigenvalue weighted by molar-refractivity contribution is 7.89. The van der Waals surface area contributed by atoms with Crippen molar-refractivity contribution >= 4 is 33.1 Å². The maximum Gasteiger partial charge on any atom is 0.229 e. The molecule has 0 heterocycles. The Bertz CT molecular complexity index is 382. The van der Waals surface area contributed by atoms with Crippen molar-refractivity contribution in [2.45, 2.75) is 26.7 Å². The third-order valence-electron chi connectivity index (χ3n) is 2.27. The Balaban J connectivity index is 4.21. The van der Waals surface area contributed by atoms with Gasteiger partial charge >= 0.3 is 0 Å². The molecule has 0 saturated heterocycles. The lowest BCUT2D eigenvalue weighted by Gasteiger charge is -2.14. The highest BCUT2D eigenvalue weighted by atomic mass is 32.2. The molecule has 1 atom stereocenters. The molecule has 106 valence electrons. The van der Waals surface area contributed by atoms with Gasteiger partial charge in [0.2, 0.25) is 15.9 Å². The van der Waals surface area contributed by atoms with Gasteiger partial charge in [0, 0.05) is 13.1 Å². The lowest BCUT2D eigenvalue weighted by Crippen LogP contribution is -2.41. The number of carbonyl (C=O) groups is 1. The first kappa shape index (κ1) is 17.3. The molecule has 0 aliphatic rings. The summed E-state index contributed by atoms with van der Waals surface area (Å²) in [6, 6.07) is 0. The van der Waals surface area contributed by atoms with Crippen LogP contribution in [0.15, 0.2) is 0 Å². The fourth-order valence-corrected chi connectivity index (χ4v) is 2.59. The molecule has 1 unspecified atom stereocenters. The molecule has 0 aromatic heterocycles. The standard InChI is InChI=1S/C10H21N3O3S2/c1-3-5-8(9(11)17)10(14)12-6-7-18(15,16)13-4-2/h8,13H,3-7H2,1-2H3,(H2,11,17)(H,12,14). The molecule has 0 radical (unpaired) electrons. The Morgan fingerprint density at radius 3 is 2.44 bits per heavy atom. The summed E-state index contributed by atoms with van der Waals surface area (Å²) in [5, 5.41) is 2.54. The number of nitrogens with one attached hydrogen (secondary N) is 2. The largest absolute Gasteiger partial charge is 0.393 e. The second-order valence-corrected chi connectivity index (χ2v) is 6.25. The van der Waals surface area contributed by atoms with Gasteiger partial charge in [0.15, 0.2) is 0 Å². The van der Waals surface area contributed by atoms with Gasteiger partial charge < -0.3 is 11.1 Å². The zero-order chi connectivity index (χ0) is 14.2. The van der Waals surface area contributed by atoms with E-state index in [1.807, 2.05) is 6.92 Å². The minimum atomic E-state index is -3.31. The number of hydrogen-bond acceptors (Lipinski definition) is 4. The second kappa shape index (κ2) is 8.39. The van der Waals surface area contributed by atoms with E-state index < -0.39 is 15.9 Å². The van der Waals surface area contributed by atoms with E-state index in [2.05, 4.69) is 10.0 Å². The van der Waals surface area contributed by atoms with E-state index >= 15 is 0 Å². The third-order valence-corrected chi connectivity index (χ3v) is 4.03. The van der Waals surface area contributed by atoms with Crippen molar-refractivity contribution in [1.29, 1.82) is 0 Å². The van der Waals surface area contributed by atoms with Gasteiger partial charge in [-0.2, -0.15) is 0 Å². The molecule has 0 aliphatic carbocycles. The van der Waals surface area contributed by atoms with Crippen LogP contribution in [0.4, 0.5) is 0 Å². The first-order valence-electron chi connectivity index (χ1n) is 5.88. The van der Waals surface area contributed by atoms with Crippen LogP contribution in [0.2, 0.25) is 0 Å². The predicted molar refractivity (Wildman–Crippen MR) is 75.7 cm³/mol. The number of nitrogens with two attached hydrogens (primary N) is 1. The van der Waals surface area contributed by atoms with Crippen molar-refractivity contribution in [1.82, 2.24) is 10.0 Å². The minimum Gasteiger partial charge on any atom is -0.393 e. The van der Waals surface area contributed by atoms with E-state index in [0.29, 0.717) is 13.0 Å². The molecule has 0 fully saturated rings. The smallest absolute Gasteiger partial charge is 0.229 e. The van der Waals surface area contributed by atoms with Crippen molar-refractivity contribution in [3.63, 3.8) is 0 Å². The van der Waals surface area contributed by atoms with Crippen LogP contribution in [0.25, 0.3) is 0 Å². The summed E-state index contributed by atoms with van der Waals surface area (Å²) in [5.41, 5.74) is 5.47. The Labute approximate surface area is 114 Å². The van der Waals surface area contributed by atoms with E-state index in [-0.39, 0.29) is 23.2 Å². The number of carbonyl (C=O) groups excluding carboxylic acids is 1. The number of rotatable bonds is 9. The van der Waals surface area contributed by atoms with Crippen molar-refractivity contribution in [2.24, 2.45) is 11.7 Å². The van der Waals surface area contributed by atoms with Gasteiger partial charge in [0.05, 0.1) is 16.7 Å². The summed E-state index contributed by atoms with van der Waals surface area (Å²) in [7, 11) is -3.31. The van der Waals surface area contributed by atoms with Gasteiger partial charge in [0.1, 0.15) is 0 Å². The maximum atomic E-state index is 11.7.